The zero-order valence-corrected chi connectivity index (χ0v) is 15.6. The fraction of sp³-hybridized carbons (Fsp3) is 0.632. The molecule has 0 bridgehead atoms. The van der Waals surface area contributed by atoms with Crippen LogP contribution in [0.15, 0.2) is 4.79 Å². The number of hydrogen-bond donors (Lipinski definition) is 2. The van der Waals surface area contributed by atoms with Crippen molar-refractivity contribution >= 4 is 16.9 Å². The molecule has 0 unspecified atom stereocenters. The van der Waals surface area contributed by atoms with Crippen molar-refractivity contribution in [2.75, 3.05) is 0 Å². The lowest BCUT2D eigenvalue weighted by Gasteiger charge is -2.29. The molecular formula is C19H28N4O2. The van der Waals surface area contributed by atoms with Gasteiger partial charge in [0.15, 0.2) is 5.65 Å². The van der Waals surface area contributed by atoms with Crippen LogP contribution in [0.5, 0.6) is 0 Å². The van der Waals surface area contributed by atoms with Crippen molar-refractivity contribution in [3.63, 3.8) is 0 Å². The van der Waals surface area contributed by atoms with Crippen LogP contribution >= 0.6 is 0 Å². The highest BCUT2D eigenvalue weighted by atomic mass is 16.1. The third-order valence-corrected chi connectivity index (χ3v) is 5.63. The van der Waals surface area contributed by atoms with Gasteiger partial charge in [-0.2, -0.15) is 0 Å². The highest BCUT2D eigenvalue weighted by Gasteiger charge is 2.23. The number of rotatable bonds is 4. The average Bonchev–Trinajstić information content (AvgIpc) is 2.83. The molecule has 1 saturated carbocycles. The Hall–Kier alpha value is -2.11. The van der Waals surface area contributed by atoms with Gasteiger partial charge in [-0.3, -0.25) is 19.4 Å². The van der Waals surface area contributed by atoms with Crippen LogP contribution in [0, 0.1) is 19.8 Å². The number of carbonyl (C=O) groups excluding carboxylic acids is 1. The second-order valence-corrected chi connectivity index (χ2v) is 7.44. The first-order valence-corrected chi connectivity index (χ1v) is 9.22. The summed E-state index contributed by atoms with van der Waals surface area (Å²) in [5, 5.41) is 6.80. The van der Waals surface area contributed by atoms with E-state index in [-0.39, 0.29) is 11.5 Å². The number of aromatic amines is 1. The van der Waals surface area contributed by atoms with E-state index in [2.05, 4.69) is 22.3 Å². The van der Waals surface area contributed by atoms with Crippen molar-refractivity contribution < 1.29 is 4.79 Å². The molecule has 2 N–H and O–H groups in total. The fourth-order valence-electron chi connectivity index (χ4n) is 4.03. The summed E-state index contributed by atoms with van der Waals surface area (Å²) in [6.45, 7) is 6.11. The number of hydrogen-bond acceptors (Lipinski definition) is 3. The lowest BCUT2D eigenvalue weighted by Crippen LogP contribution is -2.41. The number of carbonyl (C=O) groups is 1. The molecule has 1 fully saturated rings. The molecule has 6 heteroatoms. The maximum atomic E-state index is 12.4. The quantitative estimate of drug-likeness (QED) is 0.894. The molecule has 0 aliphatic heterocycles. The van der Waals surface area contributed by atoms with Gasteiger partial charge in [-0.05, 0) is 50.2 Å². The highest BCUT2D eigenvalue weighted by Crippen LogP contribution is 2.24. The van der Waals surface area contributed by atoms with Crippen molar-refractivity contribution in [2.24, 2.45) is 13.0 Å². The normalized spacial score (nSPS) is 20.8. The first kappa shape index (κ1) is 17.7. The third kappa shape index (κ3) is 3.48. The number of aromatic nitrogens is 3. The summed E-state index contributed by atoms with van der Waals surface area (Å²) < 4.78 is 1.45. The first-order valence-electron chi connectivity index (χ1n) is 9.22. The molecule has 2 atom stereocenters. The largest absolute Gasteiger partial charge is 0.353 e. The van der Waals surface area contributed by atoms with Gasteiger partial charge in [0, 0.05) is 25.2 Å². The van der Waals surface area contributed by atoms with Crippen molar-refractivity contribution in [3.8, 4) is 0 Å². The Morgan fingerprint density at radius 3 is 2.76 bits per heavy atom. The van der Waals surface area contributed by atoms with Gasteiger partial charge in [0.2, 0.25) is 5.91 Å². The Kier molecular flexibility index (Phi) is 4.97. The van der Waals surface area contributed by atoms with Crippen LogP contribution in [0.4, 0.5) is 0 Å². The summed E-state index contributed by atoms with van der Waals surface area (Å²) in [4.78, 5) is 29.2. The zero-order chi connectivity index (χ0) is 18.1. The van der Waals surface area contributed by atoms with Crippen molar-refractivity contribution in [3.05, 3.63) is 27.2 Å². The van der Waals surface area contributed by atoms with E-state index >= 15 is 0 Å². The Bertz CT molecular complexity index is 849. The third-order valence-electron chi connectivity index (χ3n) is 5.63. The topological polar surface area (TPSA) is 79.8 Å². The smallest absolute Gasteiger partial charge is 0.276 e. The van der Waals surface area contributed by atoms with Crippen LogP contribution < -0.4 is 10.9 Å². The summed E-state index contributed by atoms with van der Waals surface area (Å²) in [7, 11) is 1.69. The number of nitrogens with zero attached hydrogens (tertiary/aromatic N) is 2. The van der Waals surface area contributed by atoms with Gasteiger partial charge in [0.1, 0.15) is 0 Å². The number of aryl methyl sites for hydroxylation is 3. The molecule has 3 rings (SSSR count). The van der Waals surface area contributed by atoms with Gasteiger partial charge in [-0.25, -0.2) is 4.98 Å². The number of nitrogens with one attached hydrogen (secondary N) is 2. The fourth-order valence-corrected chi connectivity index (χ4v) is 4.03. The van der Waals surface area contributed by atoms with E-state index in [1.165, 1.54) is 23.9 Å². The number of H-pyrrole nitrogens is 1. The molecule has 136 valence electrons. The number of pyridine rings is 1. The summed E-state index contributed by atoms with van der Waals surface area (Å²) in [6.07, 6.45) is 5.79. The van der Waals surface area contributed by atoms with E-state index in [0.29, 0.717) is 35.8 Å². The highest BCUT2D eigenvalue weighted by molar-refractivity contribution is 5.80. The lowest BCUT2D eigenvalue weighted by molar-refractivity contribution is -0.122. The summed E-state index contributed by atoms with van der Waals surface area (Å²) in [6, 6.07) is 0.306. The van der Waals surface area contributed by atoms with Crippen LogP contribution in [-0.4, -0.2) is 26.7 Å². The molecule has 2 heterocycles. The second kappa shape index (κ2) is 7.02. The first-order chi connectivity index (χ1) is 11.9. The predicted octanol–water partition coefficient (Wildman–Crippen LogP) is 2.51. The van der Waals surface area contributed by atoms with E-state index in [4.69, 9.17) is 0 Å². The van der Waals surface area contributed by atoms with Crippen molar-refractivity contribution in [1.82, 2.24) is 20.1 Å². The molecule has 0 saturated heterocycles. The monoisotopic (exact) mass is 344 g/mol. The number of amides is 1. The molecule has 25 heavy (non-hydrogen) atoms. The molecule has 1 aliphatic carbocycles. The Morgan fingerprint density at radius 1 is 1.32 bits per heavy atom. The van der Waals surface area contributed by atoms with E-state index < -0.39 is 0 Å². The summed E-state index contributed by atoms with van der Waals surface area (Å²) >= 11 is 0. The molecule has 2 aromatic rings. The van der Waals surface area contributed by atoms with Crippen LogP contribution in [0.2, 0.25) is 0 Å². The minimum absolute atomic E-state index is 0.0678. The molecule has 0 spiro atoms. The average molecular weight is 344 g/mol. The maximum absolute atomic E-state index is 12.4. The van der Waals surface area contributed by atoms with Crippen LogP contribution in [0.25, 0.3) is 11.0 Å². The molecule has 2 aromatic heterocycles. The molecule has 0 radical (unpaired) electrons. The molecular weight excluding hydrogens is 316 g/mol. The molecule has 1 amide bonds. The zero-order valence-electron chi connectivity index (χ0n) is 15.6. The van der Waals surface area contributed by atoms with Gasteiger partial charge < -0.3 is 5.32 Å². The van der Waals surface area contributed by atoms with E-state index in [1.54, 1.807) is 7.05 Å². The summed E-state index contributed by atoms with van der Waals surface area (Å²) in [5.41, 5.74) is 3.37. The predicted molar refractivity (Wildman–Crippen MR) is 98.7 cm³/mol. The van der Waals surface area contributed by atoms with E-state index in [9.17, 15) is 9.59 Å². The van der Waals surface area contributed by atoms with Gasteiger partial charge in [-0.15, -0.1) is 0 Å². The number of fused-ring (bicyclic) bond motifs is 1. The molecule has 6 nitrogen and oxygen atoms in total. The van der Waals surface area contributed by atoms with E-state index in [1.807, 2.05) is 13.8 Å². The van der Waals surface area contributed by atoms with Crippen molar-refractivity contribution in [2.45, 2.75) is 65.3 Å². The van der Waals surface area contributed by atoms with Crippen LogP contribution in [0.3, 0.4) is 0 Å². The SMILES string of the molecule is Cc1nc2[nH]n(C)c(=O)c2c(C)c1CCC(=O)N[C@@H]1CCCC[C@H]1C. The summed E-state index contributed by atoms with van der Waals surface area (Å²) in [5.74, 6) is 0.654. The Balaban J connectivity index is 1.73. The van der Waals surface area contributed by atoms with Gasteiger partial charge in [0.05, 0.1) is 5.39 Å². The second-order valence-electron chi connectivity index (χ2n) is 7.44. The van der Waals surface area contributed by atoms with Gasteiger partial charge in [0.25, 0.3) is 5.56 Å². The maximum Gasteiger partial charge on any atom is 0.276 e. The van der Waals surface area contributed by atoms with Crippen LogP contribution in [0.1, 0.15) is 55.8 Å². The van der Waals surface area contributed by atoms with Crippen molar-refractivity contribution in [1.29, 1.82) is 0 Å². The molecule has 1 aliphatic rings. The Morgan fingerprint density at radius 2 is 2.04 bits per heavy atom. The van der Waals surface area contributed by atoms with Crippen LogP contribution in [-0.2, 0) is 18.3 Å². The standard InChI is InChI=1S/C19H28N4O2/c1-11-7-5-6-8-15(11)21-16(24)10-9-14-12(2)17-18(20-13(14)3)22-23(4)19(17)25/h11,15H,5-10H2,1-4H3,(H,20,22)(H,21,24)/t11-,15-/m1/s1. The van der Waals surface area contributed by atoms with E-state index in [0.717, 1.165) is 23.2 Å². The molecule has 0 aromatic carbocycles. The minimum Gasteiger partial charge on any atom is -0.353 e. The van der Waals surface area contributed by atoms with Gasteiger partial charge in [-0.1, -0.05) is 19.8 Å². The Labute approximate surface area is 148 Å². The lowest BCUT2D eigenvalue weighted by atomic mass is 9.86. The van der Waals surface area contributed by atoms with Gasteiger partial charge >= 0.3 is 0 Å². The minimum atomic E-state index is -0.0678.